The first-order valence-corrected chi connectivity index (χ1v) is 12.6. The number of rotatable bonds is 4. The van der Waals surface area contributed by atoms with E-state index in [9.17, 15) is 5.11 Å². The molecule has 3 heteroatoms. The third-order valence-electron chi connectivity index (χ3n) is 7.10. The van der Waals surface area contributed by atoms with Crippen molar-refractivity contribution in [2.75, 3.05) is 0 Å². The molecule has 158 valence electrons. The second-order valence-corrected chi connectivity index (χ2v) is 10.7. The Morgan fingerprint density at radius 2 is 1.09 bits per heavy atom. The van der Waals surface area contributed by atoms with Gasteiger partial charge in [-0.05, 0) is 94.5 Å². The van der Waals surface area contributed by atoms with Gasteiger partial charge in [-0.2, -0.15) is 0 Å². The summed E-state index contributed by atoms with van der Waals surface area (Å²) in [6.07, 6.45) is 4.44. The van der Waals surface area contributed by atoms with Crippen molar-refractivity contribution < 1.29 is 5.11 Å². The average Bonchev–Trinajstić information content (AvgIpc) is 2.76. The summed E-state index contributed by atoms with van der Waals surface area (Å²) in [5.74, 6) is 0. The fourth-order valence-corrected chi connectivity index (χ4v) is 5.64. The number of aryl methyl sites for hydroxylation is 4. The third-order valence-corrected chi connectivity index (χ3v) is 8.12. The Morgan fingerprint density at radius 3 is 1.59 bits per heavy atom. The topological polar surface area (TPSA) is 20.2 Å². The molecular weight excluding hydrogens is 524 g/mol. The quantitative estimate of drug-likeness (QED) is 0.265. The van der Waals surface area contributed by atoms with E-state index in [4.69, 9.17) is 0 Å². The fourth-order valence-electron chi connectivity index (χ4n) is 5.01. The zero-order valence-corrected chi connectivity index (χ0v) is 20.7. The number of benzene rings is 4. The molecule has 0 aliphatic heterocycles. The van der Waals surface area contributed by atoms with Gasteiger partial charge in [0.1, 0.15) is 5.60 Å². The molecule has 0 aromatic heterocycles. The van der Waals surface area contributed by atoms with Gasteiger partial charge in [-0.3, -0.25) is 0 Å². The molecule has 4 aromatic rings. The summed E-state index contributed by atoms with van der Waals surface area (Å²) in [5.41, 5.74) is 9.14. The lowest BCUT2D eigenvalue weighted by atomic mass is 9.73. The highest BCUT2D eigenvalue weighted by Gasteiger charge is 2.38. The molecule has 0 radical (unpaired) electrons. The minimum atomic E-state index is -1.25. The maximum Gasteiger partial charge on any atom is 0.141 e. The van der Waals surface area contributed by atoms with Crippen molar-refractivity contribution in [2.24, 2.45) is 0 Å². The molecule has 2 aliphatic rings. The van der Waals surface area contributed by atoms with Crippen LogP contribution in [0.1, 0.15) is 38.9 Å². The van der Waals surface area contributed by atoms with Crippen molar-refractivity contribution in [3.8, 4) is 11.1 Å². The molecule has 0 fully saturated rings. The van der Waals surface area contributed by atoms with E-state index in [2.05, 4.69) is 111 Å². The molecule has 2 aliphatic carbocycles. The van der Waals surface area contributed by atoms with Crippen LogP contribution >= 0.6 is 31.9 Å². The van der Waals surface area contributed by atoms with Crippen molar-refractivity contribution >= 4 is 31.9 Å². The number of hydrogen-bond acceptors (Lipinski definition) is 1. The monoisotopic (exact) mass is 544 g/mol. The van der Waals surface area contributed by atoms with Crippen LogP contribution in [0, 0.1) is 0 Å². The highest BCUT2D eigenvalue weighted by Crippen LogP contribution is 2.45. The third kappa shape index (κ3) is 3.22. The normalized spacial score (nSPS) is 14.2. The molecule has 6 rings (SSSR count). The molecule has 32 heavy (non-hydrogen) atoms. The molecule has 0 amide bonds. The molecule has 0 bridgehead atoms. The largest absolute Gasteiger partial charge is 0.376 e. The minimum Gasteiger partial charge on any atom is -0.376 e. The Balaban J connectivity index is 1.63. The van der Waals surface area contributed by atoms with E-state index in [0.29, 0.717) is 0 Å². The highest BCUT2D eigenvalue weighted by atomic mass is 79.9. The molecule has 0 saturated heterocycles. The van der Waals surface area contributed by atoms with Crippen LogP contribution in [0.4, 0.5) is 0 Å². The Bertz CT molecular complexity index is 1300. The van der Waals surface area contributed by atoms with Crippen molar-refractivity contribution in [1.29, 1.82) is 0 Å². The van der Waals surface area contributed by atoms with E-state index in [0.717, 1.165) is 62.4 Å². The minimum absolute atomic E-state index is 0.896. The summed E-state index contributed by atoms with van der Waals surface area (Å²) >= 11 is 7.22. The first-order chi connectivity index (χ1) is 15.5. The Morgan fingerprint density at radius 1 is 0.562 bits per heavy atom. The summed E-state index contributed by atoms with van der Waals surface area (Å²) in [7, 11) is 0. The molecule has 0 spiro atoms. The molecule has 0 saturated carbocycles. The summed E-state index contributed by atoms with van der Waals surface area (Å²) in [5, 5.41) is 12.7. The van der Waals surface area contributed by atoms with Crippen molar-refractivity contribution in [2.45, 2.75) is 31.3 Å². The van der Waals surface area contributed by atoms with E-state index in [-0.39, 0.29) is 0 Å². The average molecular weight is 546 g/mol. The van der Waals surface area contributed by atoms with Crippen LogP contribution in [0.2, 0.25) is 0 Å². The Labute approximate surface area is 205 Å². The molecule has 0 heterocycles. The van der Waals surface area contributed by atoms with Crippen molar-refractivity contribution in [3.05, 3.63) is 127 Å². The lowest BCUT2D eigenvalue weighted by Crippen LogP contribution is -2.31. The predicted octanol–water partition coefficient (Wildman–Crippen LogP) is 7.36. The maximum atomic E-state index is 12.7. The summed E-state index contributed by atoms with van der Waals surface area (Å²) in [6.45, 7) is 0. The maximum absolute atomic E-state index is 12.7. The lowest BCUT2D eigenvalue weighted by molar-refractivity contribution is 0.126. The van der Waals surface area contributed by atoms with E-state index >= 15 is 0 Å². The van der Waals surface area contributed by atoms with Crippen molar-refractivity contribution in [3.63, 3.8) is 0 Å². The summed E-state index contributed by atoms with van der Waals surface area (Å²) in [4.78, 5) is 0. The molecule has 1 N–H and O–H groups in total. The molecule has 1 nitrogen and oxygen atoms in total. The first kappa shape index (κ1) is 20.4. The second kappa shape index (κ2) is 7.69. The second-order valence-electron chi connectivity index (χ2n) is 8.87. The molecule has 4 aromatic carbocycles. The highest BCUT2D eigenvalue weighted by molar-refractivity contribution is 9.10. The van der Waals surface area contributed by atoms with Gasteiger partial charge in [0.15, 0.2) is 0 Å². The smallest absolute Gasteiger partial charge is 0.141 e. The van der Waals surface area contributed by atoms with Crippen LogP contribution in [0.25, 0.3) is 11.1 Å². The molecule has 0 atom stereocenters. The van der Waals surface area contributed by atoms with Crippen LogP contribution < -0.4 is 0 Å². The van der Waals surface area contributed by atoms with Gasteiger partial charge in [-0.1, -0.05) is 86.5 Å². The van der Waals surface area contributed by atoms with E-state index in [1.165, 1.54) is 22.3 Å². The van der Waals surface area contributed by atoms with Gasteiger partial charge in [0.2, 0.25) is 0 Å². The van der Waals surface area contributed by atoms with E-state index < -0.39 is 5.60 Å². The number of aliphatic hydroxyl groups is 1. The number of fused-ring (bicyclic) bond motifs is 2. The molecule has 0 unspecified atom stereocenters. The number of hydrogen-bond donors (Lipinski definition) is 1. The zero-order chi connectivity index (χ0) is 21.9. The van der Waals surface area contributed by atoms with Crippen LogP contribution in [0.15, 0.2) is 87.8 Å². The number of halogens is 2. The van der Waals surface area contributed by atoms with Crippen LogP contribution in [0.3, 0.4) is 0 Å². The SMILES string of the molecule is OC(c1ccc2c(c1)CC2)(c1ccc2c(c1)CC2)c1cc(Br)ccc1-c1ccc(Br)cc1. The Hall–Kier alpha value is -2.20. The Kier molecular flexibility index (Phi) is 4.90. The van der Waals surface area contributed by atoms with Gasteiger partial charge in [0, 0.05) is 14.5 Å². The first-order valence-electron chi connectivity index (χ1n) is 11.1. The van der Waals surface area contributed by atoms with Gasteiger partial charge in [0.05, 0.1) is 0 Å². The standard InChI is InChI=1S/C29H22Br2O/c30-25-11-7-20(8-12-25)27-14-13-26(31)17-28(27)29(32,23-9-5-18-1-3-21(18)15-23)24-10-6-19-2-4-22(19)16-24/h5-17,32H,1-4H2. The van der Waals surface area contributed by atoms with E-state index in [1.54, 1.807) is 0 Å². The van der Waals surface area contributed by atoms with Gasteiger partial charge in [-0.25, -0.2) is 0 Å². The van der Waals surface area contributed by atoms with Gasteiger partial charge >= 0.3 is 0 Å². The van der Waals surface area contributed by atoms with Crippen LogP contribution in [-0.2, 0) is 31.3 Å². The van der Waals surface area contributed by atoms with Crippen LogP contribution in [0.5, 0.6) is 0 Å². The summed E-state index contributed by atoms with van der Waals surface area (Å²) in [6, 6.07) is 27.6. The van der Waals surface area contributed by atoms with Gasteiger partial charge in [0.25, 0.3) is 0 Å². The van der Waals surface area contributed by atoms with Gasteiger partial charge in [-0.15, -0.1) is 0 Å². The van der Waals surface area contributed by atoms with E-state index in [1.807, 2.05) is 0 Å². The van der Waals surface area contributed by atoms with Gasteiger partial charge < -0.3 is 5.11 Å². The lowest BCUT2D eigenvalue weighted by Gasteiger charge is -2.35. The molecular formula is C29H22Br2O. The van der Waals surface area contributed by atoms with Crippen LogP contribution in [-0.4, -0.2) is 5.11 Å². The summed E-state index contributed by atoms with van der Waals surface area (Å²) < 4.78 is 2.00. The zero-order valence-electron chi connectivity index (χ0n) is 17.5. The van der Waals surface area contributed by atoms with Crippen molar-refractivity contribution in [1.82, 2.24) is 0 Å². The predicted molar refractivity (Wildman–Crippen MR) is 137 cm³/mol. The fraction of sp³-hybridized carbons (Fsp3) is 0.172.